The highest BCUT2D eigenvalue weighted by atomic mass is 32.2. The summed E-state index contributed by atoms with van der Waals surface area (Å²) in [5, 5.41) is 6.11. The smallest absolute Gasteiger partial charge is 0.255 e. The predicted molar refractivity (Wildman–Crippen MR) is 176 cm³/mol. The Morgan fingerprint density at radius 2 is 1.68 bits per heavy atom. The lowest BCUT2D eigenvalue weighted by Gasteiger charge is -2.44. The van der Waals surface area contributed by atoms with Crippen molar-refractivity contribution in [2.45, 2.75) is 24.6 Å². The number of aromatic nitrogens is 1. The summed E-state index contributed by atoms with van der Waals surface area (Å²) in [6.45, 7) is 2.70. The van der Waals surface area contributed by atoms with Gasteiger partial charge in [0.15, 0.2) is 0 Å². The molecule has 226 valence electrons. The number of benzene rings is 3. The van der Waals surface area contributed by atoms with E-state index < -0.39 is 0 Å². The lowest BCUT2D eigenvalue weighted by Crippen LogP contribution is -2.47. The molecule has 1 saturated heterocycles. The van der Waals surface area contributed by atoms with E-state index in [0.29, 0.717) is 41.6 Å². The number of rotatable bonds is 10. The van der Waals surface area contributed by atoms with Gasteiger partial charge in [-0.25, -0.2) is 0 Å². The molecule has 6 rings (SSSR count). The molecule has 2 amide bonds. The minimum Gasteiger partial charge on any atom is -0.497 e. The first-order chi connectivity index (χ1) is 21.5. The Morgan fingerprint density at radius 3 is 2.48 bits per heavy atom. The van der Waals surface area contributed by atoms with Gasteiger partial charge in [-0.3, -0.25) is 14.4 Å². The Labute approximate surface area is 261 Å². The molecule has 0 spiro atoms. The fraction of sp³-hybridized carbons (Fsp3) is 0.286. The number of pyridine rings is 1. The van der Waals surface area contributed by atoms with E-state index in [9.17, 15) is 14.4 Å². The number of thioether (sulfide) groups is 1. The number of nitrogens with zero attached hydrogens (tertiary/aromatic N) is 2. The van der Waals surface area contributed by atoms with E-state index in [-0.39, 0.29) is 23.3 Å². The molecule has 3 aromatic carbocycles. The Hall–Kier alpha value is -4.50. The van der Waals surface area contributed by atoms with E-state index in [1.807, 2.05) is 47.0 Å². The molecule has 1 fully saturated rings. The Bertz CT molecular complexity index is 1690. The second kappa shape index (κ2) is 13.4. The molecule has 4 aromatic rings. The zero-order valence-corrected chi connectivity index (χ0v) is 25.5. The Balaban J connectivity index is 1.20. The van der Waals surface area contributed by atoms with Crippen LogP contribution in [0.2, 0.25) is 0 Å². The van der Waals surface area contributed by atoms with E-state index in [1.54, 1.807) is 55.3 Å². The maximum Gasteiger partial charge on any atom is 0.255 e. The van der Waals surface area contributed by atoms with E-state index in [2.05, 4.69) is 27.7 Å². The molecule has 0 radical (unpaired) electrons. The van der Waals surface area contributed by atoms with Gasteiger partial charge in [-0.15, -0.1) is 0 Å². The first kappa shape index (κ1) is 29.6. The molecule has 3 heterocycles. The van der Waals surface area contributed by atoms with Gasteiger partial charge in [-0.05, 0) is 66.4 Å². The average molecular weight is 609 g/mol. The molecular weight excluding hydrogens is 572 g/mol. The summed E-state index contributed by atoms with van der Waals surface area (Å²) in [5.74, 6) is 2.42. The number of anilines is 2. The molecule has 2 aliphatic heterocycles. The van der Waals surface area contributed by atoms with Gasteiger partial charge in [-0.2, -0.15) is 11.8 Å². The number of piperidine rings is 1. The van der Waals surface area contributed by atoms with E-state index in [1.165, 1.54) is 5.56 Å². The standard InChI is InChI=1S/C35H36N4O4S/c1-43-29-13-10-26(11-14-29)35(42)37-30-19-27(34(41)36-16-17-44-23-24-6-3-2-4-7-24)12-15-32(30)38-20-25-18-28(22-38)31-8-5-9-33(40)39(31)21-25/h2-15,19,25,28H,16-18,20-23H2,1H3,(H,36,41)(H,37,42)/t25-,28+/m1/s1. The van der Waals surface area contributed by atoms with Crippen LogP contribution in [0.1, 0.15) is 44.3 Å². The molecule has 0 saturated carbocycles. The summed E-state index contributed by atoms with van der Waals surface area (Å²) in [7, 11) is 1.59. The monoisotopic (exact) mass is 608 g/mol. The van der Waals surface area contributed by atoms with Gasteiger partial charge in [0, 0.05) is 66.5 Å². The largest absolute Gasteiger partial charge is 0.497 e. The van der Waals surface area contributed by atoms with Crippen LogP contribution < -0.4 is 25.8 Å². The quantitative estimate of drug-likeness (QED) is 0.235. The van der Waals surface area contributed by atoms with Gasteiger partial charge in [0.05, 0.1) is 18.5 Å². The molecule has 0 aliphatic carbocycles. The molecule has 8 nitrogen and oxygen atoms in total. The molecule has 1 aromatic heterocycles. The van der Waals surface area contributed by atoms with Crippen LogP contribution in [-0.4, -0.2) is 48.9 Å². The number of fused-ring (bicyclic) bond motifs is 4. The summed E-state index contributed by atoms with van der Waals surface area (Å²) < 4.78 is 7.15. The molecule has 9 heteroatoms. The normalized spacial score (nSPS) is 17.0. The number of hydrogen-bond donors (Lipinski definition) is 2. The summed E-state index contributed by atoms with van der Waals surface area (Å²) in [6.07, 6.45) is 1.02. The van der Waals surface area contributed by atoms with E-state index in [0.717, 1.165) is 42.4 Å². The molecular formula is C35H36N4O4S. The lowest BCUT2D eigenvalue weighted by molar-refractivity contribution is 0.0954. The van der Waals surface area contributed by atoms with E-state index >= 15 is 0 Å². The number of methoxy groups -OCH3 is 1. The topological polar surface area (TPSA) is 92.7 Å². The molecule has 44 heavy (non-hydrogen) atoms. The number of amides is 2. The molecule has 2 N–H and O–H groups in total. The van der Waals surface area contributed by atoms with Crippen LogP contribution in [0.3, 0.4) is 0 Å². The summed E-state index contributed by atoms with van der Waals surface area (Å²) in [6, 6.07) is 28.2. The predicted octanol–water partition coefficient (Wildman–Crippen LogP) is 5.40. The number of ether oxygens (including phenoxy) is 1. The Kier molecular flexibility index (Phi) is 9.02. The van der Waals surface area contributed by atoms with Gasteiger partial charge in [0.2, 0.25) is 0 Å². The fourth-order valence-corrected chi connectivity index (χ4v) is 7.01. The highest BCUT2D eigenvalue weighted by Gasteiger charge is 2.35. The van der Waals surface area contributed by atoms with Crippen molar-refractivity contribution in [1.82, 2.24) is 9.88 Å². The van der Waals surface area contributed by atoms with Crippen LogP contribution in [0.5, 0.6) is 5.75 Å². The van der Waals surface area contributed by atoms with Crippen molar-refractivity contribution in [2.75, 3.05) is 42.7 Å². The summed E-state index contributed by atoms with van der Waals surface area (Å²) in [5.41, 5.74) is 4.79. The van der Waals surface area contributed by atoms with Crippen LogP contribution in [0.15, 0.2) is 95.8 Å². The zero-order valence-electron chi connectivity index (χ0n) is 24.7. The summed E-state index contributed by atoms with van der Waals surface area (Å²) in [4.78, 5) is 41.4. The zero-order chi connectivity index (χ0) is 30.5. The first-order valence-electron chi connectivity index (χ1n) is 14.9. The second-order valence-electron chi connectivity index (χ2n) is 11.3. The van der Waals surface area contributed by atoms with Crippen LogP contribution in [-0.2, 0) is 12.3 Å². The lowest BCUT2D eigenvalue weighted by atomic mass is 9.83. The van der Waals surface area contributed by atoms with Gasteiger partial charge in [-0.1, -0.05) is 36.4 Å². The number of hydrogen-bond acceptors (Lipinski definition) is 6. The Morgan fingerprint density at radius 1 is 0.886 bits per heavy atom. The molecule has 2 bridgehead atoms. The van der Waals surface area contributed by atoms with Crippen molar-refractivity contribution >= 4 is 35.0 Å². The maximum atomic E-state index is 13.4. The second-order valence-corrected chi connectivity index (χ2v) is 12.4. The number of carbonyl (C=O) groups excluding carboxylic acids is 2. The first-order valence-corrected chi connectivity index (χ1v) is 16.1. The van der Waals surface area contributed by atoms with Gasteiger partial charge in [0.1, 0.15) is 5.75 Å². The van der Waals surface area contributed by atoms with Crippen molar-refractivity contribution in [2.24, 2.45) is 5.92 Å². The van der Waals surface area contributed by atoms with E-state index in [4.69, 9.17) is 4.74 Å². The van der Waals surface area contributed by atoms with Crippen molar-refractivity contribution in [3.63, 3.8) is 0 Å². The van der Waals surface area contributed by atoms with Crippen molar-refractivity contribution < 1.29 is 14.3 Å². The molecule has 2 aliphatic rings. The highest BCUT2D eigenvalue weighted by molar-refractivity contribution is 7.98. The van der Waals surface area contributed by atoms with Crippen LogP contribution >= 0.6 is 11.8 Å². The van der Waals surface area contributed by atoms with Gasteiger partial charge < -0.3 is 24.8 Å². The minimum atomic E-state index is -0.266. The van der Waals surface area contributed by atoms with Gasteiger partial charge >= 0.3 is 0 Å². The van der Waals surface area contributed by atoms with Crippen LogP contribution in [0, 0.1) is 5.92 Å². The number of nitrogens with one attached hydrogen (secondary N) is 2. The highest BCUT2D eigenvalue weighted by Crippen LogP contribution is 2.39. The van der Waals surface area contributed by atoms with Crippen molar-refractivity contribution in [3.05, 3.63) is 124 Å². The van der Waals surface area contributed by atoms with Gasteiger partial charge in [0.25, 0.3) is 17.4 Å². The molecule has 2 atom stereocenters. The fourth-order valence-electron chi connectivity index (χ4n) is 6.19. The SMILES string of the molecule is COc1ccc(C(=O)Nc2cc(C(=O)NCCSCc3ccccc3)ccc2N2C[C@H]3C[C@@H](C2)c2cccc(=O)n2C3)cc1. The third-order valence-corrected chi connectivity index (χ3v) is 9.35. The molecule has 0 unspecified atom stereocenters. The summed E-state index contributed by atoms with van der Waals surface area (Å²) >= 11 is 1.77. The van der Waals surface area contributed by atoms with Crippen molar-refractivity contribution in [1.29, 1.82) is 0 Å². The van der Waals surface area contributed by atoms with Crippen LogP contribution in [0.4, 0.5) is 11.4 Å². The number of carbonyl (C=O) groups is 2. The van der Waals surface area contributed by atoms with Crippen molar-refractivity contribution in [3.8, 4) is 5.75 Å². The maximum absolute atomic E-state index is 13.4. The van der Waals surface area contributed by atoms with Crippen LogP contribution in [0.25, 0.3) is 0 Å². The average Bonchev–Trinajstić information content (AvgIpc) is 3.05. The third kappa shape index (κ3) is 6.68. The third-order valence-electron chi connectivity index (χ3n) is 8.32. The minimum absolute atomic E-state index is 0.0481.